The molecule has 1 atom stereocenters. The second-order valence-electron chi connectivity index (χ2n) is 0. The van der Waals surface area contributed by atoms with Crippen molar-refractivity contribution in [2.75, 3.05) is 0 Å². The molecule has 0 aliphatic heterocycles. The molecule has 0 N–H and O–H groups in total. The Bertz CT molecular complexity index is 8.00. The zero-order valence-electron chi connectivity index (χ0n) is 1.06. The molecule has 0 aliphatic carbocycles. The van der Waals surface area contributed by atoms with E-state index in [1.165, 1.54) is 0 Å². The first-order valence-electron chi connectivity index (χ1n) is 0. The molecule has 4 heavy (non-hydrogen) atoms. The van der Waals surface area contributed by atoms with Crippen LogP contribution in [0.2, 0.25) is 0 Å². The molecule has 0 spiro atoms. The first kappa shape index (κ1) is 43.6. The van der Waals surface area contributed by atoms with E-state index in [-0.39, 0.29) is 55.3 Å². The Morgan fingerprint density at radius 2 is 1.00 bits per heavy atom. The maximum atomic E-state index is 0. The molecular formula is H10AlFePSi. The largest absolute Gasteiger partial charge is 0.187 e. The maximum absolute atomic E-state index is 0. The zero-order chi connectivity index (χ0) is 0. The molecular weight excluding hydrogens is 142 g/mol. The first-order chi connectivity index (χ1) is 0. The molecule has 0 nitrogen and oxygen atoms in total. The van der Waals surface area contributed by atoms with Gasteiger partial charge in [0, 0.05) is 17.1 Å². The van der Waals surface area contributed by atoms with E-state index in [9.17, 15) is 0 Å². The van der Waals surface area contributed by atoms with E-state index in [1.54, 1.807) is 0 Å². The van der Waals surface area contributed by atoms with Crippen LogP contribution < -0.4 is 0 Å². The van der Waals surface area contributed by atoms with E-state index in [0.717, 1.165) is 0 Å². The third kappa shape index (κ3) is 9.34. The fourth-order valence-corrected chi connectivity index (χ4v) is 0. The minimum absolute atomic E-state index is 0. The molecule has 0 aromatic carbocycles. The van der Waals surface area contributed by atoms with Crippen molar-refractivity contribution in [1.82, 2.24) is 0 Å². The zero-order valence-corrected chi connectivity index (χ0v) is 3.58. The molecule has 1 unspecified atom stereocenters. The summed E-state index contributed by atoms with van der Waals surface area (Å²) in [5, 5.41) is 0. The molecule has 4 heteroatoms. The summed E-state index contributed by atoms with van der Waals surface area (Å²) in [5.41, 5.74) is 0. The van der Waals surface area contributed by atoms with Crippen molar-refractivity contribution in [3.05, 3.63) is 0 Å². The van der Waals surface area contributed by atoms with E-state index in [2.05, 4.69) is 0 Å². The molecule has 0 radical (unpaired) electrons. The van der Waals surface area contributed by atoms with Crippen LogP contribution in [0.15, 0.2) is 0 Å². The Morgan fingerprint density at radius 1 is 1.00 bits per heavy atom. The van der Waals surface area contributed by atoms with E-state index >= 15 is 0 Å². The summed E-state index contributed by atoms with van der Waals surface area (Å²) >= 11 is 0. The van der Waals surface area contributed by atoms with Crippen molar-refractivity contribution in [3.8, 4) is 0 Å². The predicted octanol–water partition coefficient (Wildman–Crippen LogP) is -2.58. The average molecular weight is 152 g/mol. The average Bonchev–Trinajstić information content (AvgIpc) is 0. The Morgan fingerprint density at radius 3 is 1.00 bits per heavy atom. The molecule has 0 saturated carbocycles. The van der Waals surface area contributed by atoms with Crippen LogP contribution in [0, 0.1) is 0 Å². The third-order valence-corrected chi connectivity index (χ3v) is 0. The molecule has 0 bridgehead atoms. The van der Waals surface area contributed by atoms with Gasteiger partial charge in [0.15, 0.2) is 17.4 Å². The summed E-state index contributed by atoms with van der Waals surface area (Å²) in [6, 6.07) is 0. The van der Waals surface area contributed by atoms with E-state index in [4.69, 9.17) is 0 Å². The normalized spacial score (nSPS) is 0. The Kier molecular flexibility index (Phi) is 243. The molecule has 0 rings (SSSR count). The SMILES string of the molecule is P.[AlH3].[Fe].[SiH4]. The third-order valence-electron chi connectivity index (χ3n) is 0. The predicted molar refractivity (Wildman–Crippen MR) is 32.4 cm³/mol. The van der Waals surface area contributed by atoms with Crippen LogP contribution in [0.25, 0.3) is 0 Å². The topological polar surface area (TPSA) is 0 Å². The molecule has 30 valence electrons. The van der Waals surface area contributed by atoms with E-state index in [1.807, 2.05) is 0 Å². The van der Waals surface area contributed by atoms with Crippen molar-refractivity contribution >= 4 is 38.2 Å². The molecule has 0 aliphatic rings. The van der Waals surface area contributed by atoms with Crippen molar-refractivity contribution in [2.24, 2.45) is 0 Å². The standard InChI is InChI=1S/Al.Fe.H3P.H4Si.3H/h;;1H3;1H4;;;. The number of rotatable bonds is 0. The summed E-state index contributed by atoms with van der Waals surface area (Å²) in [6.45, 7) is 0. The van der Waals surface area contributed by atoms with Crippen molar-refractivity contribution in [3.63, 3.8) is 0 Å². The quantitative estimate of drug-likeness (QED) is 0.264. The summed E-state index contributed by atoms with van der Waals surface area (Å²) < 4.78 is 0. The van der Waals surface area contributed by atoms with Gasteiger partial charge < -0.3 is 0 Å². The Labute approximate surface area is 55.4 Å². The summed E-state index contributed by atoms with van der Waals surface area (Å²) in [6.07, 6.45) is 0. The molecule has 0 fully saturated rings. The van der Waals surface area contributed by atoms with E-state index in [0.29, 0.717) is 0 Å². The molecule has 0 aromatic rings. The van der Waals surface area contributed by atoms with Crippen LogP contribution >= 0.6 is 9.90 Å². The summed E-state index contributed by atoms with van der Waals surface area (Å²) in [4.78, 5) is 0. The van der Waals surface area contributed by atoms with Gasteiger partial charge in [-0.2, -0.15) is 9.90 Å². The van der Waals surface area contributed by atoms with Crippen LogP contribution in [0.5, 0.6) is 0 Å². The van der Waals surface area contributed by atoms with Gasteiger partial charge in [-0.1, -0.05) is 0 Å². The Balaban J connectivity index is 0. The van der Waals surface area contributed by atoms with Crippen LogP contribution in [0.1, 0.15) is 0 Å². The van der Waals surface area contributed by atoms with Gasteiger partial charge in [0.1, 0.15) is 0 Å². The smallest absolute Gasteiger partial charge is 0.153 e. The summed E-state index contributed by atoms with van der Waals surface area (Å²) in [7, 11) is 0. The maximum Gasteiger partial charge on any atom is 0.187 e. The molecule has 0 saturated heterocycles. The molecule has 0 heterocycles. The van der Waals surface area contributed by atoms with Gasteiger partial charge in [-0.15, -0.1) is 0 Å². The van der Waals surface area contributed by atoms with Crippen molar-refractivity contribution in [1.29, 1.82) is 0 Å². The van der Waals surface area contributed by atoms with Gasteiger partial charge >= 0.3 is 0 Å². The van der Waals surface area contributed by atoms with Crippen molar-refractivity contribution in [2.45, 2.75) is 0 Å². The minimum Gasteiger partial charge on any atom is -0.153 e. The molecule has 0 aromatic heterocycles. The Hall–Kier alpha value is 1.70. The van der Waals surface area contributed by atoms with Gasteiger partial charge in [-0.3, -0.25) is 0 Å². The number of hydrogen-bond acceptors (Lipinski definition) is 0. The summed E-state index contributed by atoms with van der Waals surface area (Å²) in [5.74, 6) is 0. The first-order valence-corrected chi connectivity index (χ1v) is 0. The van der Waals surface area contributed by atoms with Gasteiger partial charge in [-0.25, -0.2) is 0 Å². The second kappa shape index (κ2) is 22.3. The van der Waals surface area contributed by atoms with Crippen LogP contribution in [-0.2, 0) is 17.1 Å². The monoisotopic (exact) mass is 152 g/mol. The minimum atomic E-state index is 0. The van der Waals surface area contributed by atoms with Crippen LogP contribution in [0.4, 0.5) is 0 Å². The van der Waals surface area contributed by atoms with Gasteiger partial charge in [0.2, 0.25) is 0 Å². The number of hydrogen-bond donors (Lipinski definition) is 0. The van der Waals surface area contributed by atoms with Gasteiger partial charge in [-0.05, 0) is 11.0 Å². The fourth-order valence-electron chi connectivity index (χ4n) is 0. The fraction of sp³-hybridized carbons (Fsp3) is 0. The van der Waals surface area contributed by atoms with Crippen molar-refractivity contribution < 1.29 is 17.1 Å². The van der Waals surface area contributed by atoms with Gasteiger partial charge in [0.25, 0.3) is 0 Å². The molecule has 0 amide bonds. The second-order valence-corrected chi connectivity index (χ2v) is 0. The van der Waals surface area contributed by atoms with Crippen LogP contribution in [0.3, 0.4) is 0 Å². The van der Waals surface area contributed by atoms with E-state index < -0.39 is 0 Å². The van der Waals surface area contributed by atoms with Gasteiger partial charge in [0.05, 0.1) is 0 Å². The van der Waals surface area contributed by atoms with Crippen LogP contribution in [-0.4, -0.2) is 28.3 Å².